The fraction of sp³-hybridized carbons (Fsp3) is 0.778. The molecule has 0 aromatic heterocycles. The molecule has 9 nitrogen and oxygen atoms in total. The smallest absolute Gasteiger partial charge is 0.462 e. The van der Waals surface area contributed by atoms with Crippen LogP contribution in [0.5, 0.6) is 0 Å². The summed E-state index contributed by atoms with van der Waals surface area (Å²) in [5.41, 5.74) is 0. The molecule has 0 aromatic carbocycles. The van der Waals surface area contributed by atoms with Gasteiger partial charge in [0.25, 0.3) is 0 Å². The summed E-state index contributed by atoms with van der Waals surface area (Å²) in [7, 11) is 1.48. The van der Waals surface area contributed by atoms with Gasteiger partial charge in [-0.3, -0.25) is 18.6 Å². The highest BCUT2D eigenvalue weighted by atomic mass is 31.2. The molecule has 0 radical (unpaired) electrons. The topological polar surface area (TPSA) is 108 Å². The molecule has 0 rings (SSSR count). The first-order valence-corrected chi connectivity index (χ1v) is 31.7. The second kappa shape index (κ2) is 54.2. The van der Waals surface area contributed by atoms with Crippen molar-refractivity contribution in [1.82, 2.24) is 0 Å². The highest BCUT2D eigenvalue weighted by molar-refractivity contribution is 7.47. The number of rotatable bonds is 55. The normalized spacial score (nSPS) is 13.8. The molecule has 0 spiro atoms. The van der Waals surface area contributed by atoms with Crippen LogP contribution in [0.25, 0.3) is 0 Å². The Balaban J connectivity index is 4.12. The summed E-state index contributed by atoms with van der Waals surface area (Å²) >= 11 is 0. The Hall–Kier alpha value is -2.55. The summed E-state index contributed by atoms with van der Waals surface area (Å²) < 4.78 is 34.6. The first-order chi connectivity index (χ1) is 35.5. The molecule has 0 bridgehead atoms. The first-order valence-electron chi connectivity index (χ1n) is 30.2. The second-order valence-electron chi connectivity index (χ2n) is 21.4. The Morgan fingerprint density at radius 2 is 0.781 bits per heavy atom. The van der Waals surface area contributed by atoms with Gasteiger partial charge >= 0.3 is 19.8 Å². The van der Waals surface area contributed by atoms with Gasteiger partial charge in [0.2, 0.25) is 0 Å². The lowest BCUT2D eigenvalue weighted by Crippen LogP contribution is -2.37. The number of unbranched alkanes of at least 4 members (excludes halogenated alkanes) is 29. The highest BCUT2D eigenvalue weighted by Gasteiger charge is 2.27. The maximum absolute atomic E-state index is 12.8. The number of phosphoric acid groups is 1. The zero-order valence-electron chi connectivity index (χ0n) is 48.1. The van der Waals surface area contributed by atoms with Crippen molar-refractivity contribution in [2.24, 2.45) is 0 Å². The van der Waals surface area contributed by atoms with Gasteiger partial charge in [-0.25, -0.2) is 4.57 Å². The monoisotopic (exact) mass is 1040 g/mol. The molecule has 73 heavy (non-hydrogen) atoms. The Bertz CT molecular complexity index is 1460. The van der Waals surface area contributed by atoms with Crippen molar-refractivity contribution in [2.75, 3.05) is 47.5 Å². The van der Waals surface area contributed by atoms with Crippen LogP contribution in [0.15, 0.2) is 72.9 Å². The number of carbonyl (C=O) groups is 2. The zero-order valence-corrected chi connectivity index (χ0v) is 49.0. The maximum Gasteiger partial charge on any atom is 0.472 e. The van der Waals surface area contributed by atoms with E-state index in [-0.39, 0.29) is 25.6 Å². The molecule has 0 aliphatic heterocycles. The number of hydrogen-bond donors (Lipinski definition) is 1. The van der Waals surface area contributed by atoms with Crippen LogP contribution < -0.4 is 0 Å². The molecule has 0 aliphatic rings. The van der Waals surface area contributed by atoms with E-state index in [1.165, 1.54) is 154 Å². The van der Waals surface area contributed by atoms with Gasteiger partial charge in [0.05, 0.1) is 27.7 Å². The third kappa shape index (κ3) is 58.6. The molecule has 10 heteroatoms. The predicted molar refractivity (Wildman–Crippen MR) is 312 cm³/mol. The summed E-state index contributed by atoms with van der Waals surface area (Å²) in [5.74, 6) is -0.791. The SMILES string of the molecule is CC/C=C\C/C=C\C/C=C\C/C=C\C/C=C\C/C=C\CCCCCCCCCCCCCCC(=O)OC(COC(=O)CCCCCCCCCCCCCCCCCCCC)COP(=O)(O)OCC[N+](C)(C)C. The Morgan fingerprint density at radius 3 is 1.16 bits per heavy atom. The van der Waals surface area contributed by atoms with Crippen molar-refractivity contribution in [3.05, 3.63) is 72.9 Å². The number of carbonyl (C=O) groups excluding carboxylic acids is 2. The fourth-order valence-electron chi connectivity index (χ4n) is 8.37. The molecular formula is C63H115NO8P+. The average Bonchev–Trinajstić information content (AvgIpc) is 3.35. The van der Waals surface area contributed by atoms with Crippen molar-refractivity contribution in [3.63, 3.8) is 0 Å². The average molecular weight is 1050 g/mol. The van der Waals surface area contributed by atoms with Gasteiger partial charge in [-0.05, 0) is 64.2 Å². The second-order valence-corrected chi connectivity index (χ2v) is 22.8. The number of hydrogen-bond acceptors (Lipinski definition) is 7. The third-order valence-corrected chi connectivity index (χ3v) is 14.0. The van der Waals surface area contributed by atoms with Crippen molar-refractivity contribution < 1.29 is 42.1 Å². The number of ether oxygens (including phenoxy) is 2. The standard InChI is InChI=1S/C63H114NO8P/c1-6-8-10-12-14-16-18-20-22-24-26-27-28-29-30-31-32-33-34-35-36-37-38-40-42-44-46-48-50-52-54-56-63(66)72-61(60-71-73(67,68)70-58-57-64(3,4)5)59-69-62(65)55-53-51-49-47-45-43-41-39-25-23-21-19-17-15-13-11-9-7-2/h8,10,14,16,20,22,26-27,29-30,32-33,61H,6-7,9,11-13,15,17-19,21,23-25,28,31,34-60H2,1-5H3/p+1/b10-8-,16-14-,22-20-,27-26-,30-29-,33-32-. The zero-order chi connectivity index (χ0) is 53.5. The maximum atomic E-state index is 12.8. The molecule has 0 aliphatic carbocycles. The quantitative estimate of drug-likeness (QED) is 0.0211. The molecule has 0 fully saturated rings. The van der Waals surface area contributed by atoms with E-state index in [9.17, 15) is 19.0 Å². The minimum atomic E-state index is -4.39. The van der Waals surface area contributed by atoms with Crippen molar-refractivity contribution in [1.29, 1.82) is 0 Å². The van der Waals surface area contributed by atoms with Crippen LogP contribution in [-0.2, 0) is 32.7 Å². The molecule has 0 heterocycles. The highest BCUT2D eigenvalue weighted by Crippen LogP contribution is 2.43. The van der Waals surface area contributed by atoms with Crippen LogP contribution in [0.4, 0.5) is 0 Å². The number of likely N-dealkylation sites (N-methyl/N-ethyl adjacent to an activating group) is 1. The van der Waals surface area contributed by atoms with E-state index in [2.05, 4.69) is 86.8 Å². The Kier molecular flexibility index (Phi) is 52.4. The van der Waals surface area contributed by atoms with Crippen LogP contribution in [-0.4, -0.2) is 74.9 Å². The van der Waals surface area contributed by atoms with E-state index in [1.54, 1.807) is 0 Å². The number of nitrogens with zero attached hydrogens (tertiary/aromatic N) is 1. The Labute approximate surface area is 450 Å². The Morgan fingerprint density at radius 1 is 0.438 bits per heavy atom. The number of esters is 2. The van der Waals surface area contributed by atoms with E-state index in [0.717, 1.165) is 77.0 Å². The van der Waals surface area contributed by atoms with Gasteiger partial charge in [0.15, 0.2) is 6.10 Å². The van der Waals surface area contributed by atoms with Gasteiger partial charge in [-0.1, -0.05) is 260 Å². The summed E-state index contributed by atoms with van der Waals surface area (Å²) in [6.07, 6.45) is 71.1. The summed E-state index contributed by atoms with van der Waals surface area (Å²) in [4.78, 5) is 35.7. The fourth-order valence-corrected chi connectivity index (χ4v) is 9.12. The van der Waals surface area contributed by atoms with Crippen molar-refractivity contribution in [2.45, 2.75) is 270 Å². The minimum Gasteiger partial charge on any atom is -0.462 e. The molecule has 1 N–H and O–H groups in total. The lowest BCUT2D eigenvalue weighted by molar-refractivity contribution is -0.870. The van der Waals surface area contributed by atoms with Gasteiger partial charge < -0.3 is 18.9 Å². The van der Waals surface area contributed by atoms with Gasteiger partial charge in [0.1, 0.15) is 19.8 Å². The van der Waals surface area contributed by atoms with Gasteiger partial charge in [-0.2, -0.15) is 0 Å². The van der Waals surface area contributed by atoms with Crippen molar-refractivity contribution in [3.8, 4) is 0 Å². The van der Waals surface area contributed by atoms with Crippen molar-refractivity contribution >= 4 is 19.8 Å². The first kappa shape index (κ1) is 70.5. The number of allylic oxidation sites excluding steroid dienone is 12. The lowest BCUT2D eigenvalue weighted by Gasteiger charge is -2.24. The molecular weight excluding hydrogens is 930 g/mol. The molecule has 0 amide bonds. The van der Waals surface area contributed by atoms with Gasteiger partial charge in [-0.15, -0.1) is 0 Å². The van der Waals surface area contributed by atoms with E-state index < -0.39 is 26.5 Å². The summed E-state index contributed by atoms with van der Waals surface area (Å²) in [6.45, 7) is 4.35. The summed E-state index contributed by atoms with van der Waals surface area (Å²) in [5, 5.41) is 0. The van der Waals surface area contributed by atoms with Crippen LogP contribution in [0, 0.1) is 0 Å². The number of quaternary nitrogens is 1. The molecule has 0 aromatic rings. The van der Waals surface area contributed by atoms with Crippen LogP contribution in [0.2, 0.25) is 0 Å². The van der Waals surface area contributed by atoms with Crippen LogP contribution >= 0.6 is 7.82 Å². The van der Waals surface area contributed by atoms with E-state index in [4.69, 9.17) is 18.5 Å². The minimum absolute atomic E-state index is 0.0307. The molecule has 2 atom stereocenters. The summed E-state index contributed by atoms with van der Waals surface area (Å²) in [6, 6.07) is 0. The lowest BCUT2D eigenvalue weighted by atomic mass is 10.0. The largest absolute Gasteiger partial charge is 0.472 e. The van der Waals surface area contributed by atoms with E-state index in [1.807, 2.05) is 21.1 Å². The molecule has 0 saturated carbocycles. The molecule has 2 unspecified atom stereocenters. The predicted octanol–water partition coefficient (Wildman–Crippen LogP) is 18.9. The van der Waals surface area contributed by atoms with E-state index >= 15 is 0 Å². The van der Waals surface area contributed by atoms with Crippen LogP contribution in [0.1, 0.15) is 264 Å². The van der Waals surface area contributed by atoms with Crippen LogP contribution in [0.3, 0.4) is 0 Å². The van der Waals surface area contributed by atoms with E-state index in [0.29, 0.717) is 23.9 Å². The van der Waals surface area contributed by atoms with Gasteiger partial charge in [0, 0.05) is 12.8 Å². The third-order valence-electron chi connectivity index (χ3n) is 13.0. The number of phosphoric ester groups is 1. The molecule has 424 valence electrons. The molecule has 0 saturated heterocycles.